The van der Waals surface area contributed by atoms with E-state index in [1.807, 2.05) is 0 Å². The molecule has 0 fully saturated rings. The highest BCUT2D eigenvalue weighted by atomic mass is 16.3. The van der Waals surface area contributed by atoms with Gasteiger partial charge >= 0.3 is 0 Å². The Morgan fingerprint density at radius 3 is 1.87 bits per heavy atom. The molecule has 3 rings (SSSR count). The summed E-state index contributed by atoms with van der Waals surface area (Å²) in [6.45, 7) is 0. The fraction of sp³-hybridized carbons (Fsp3) is 0.118. The molecule has 0 aliphatic carbocycles. The second-order valence-electron chi connectivity index (χ2n) is 5.23. The fourth-order valence-electron chi connectivity index (χ4n) is 2.72. The smallest absolute Gasteiger partial charge is 0.262 e. The van der Waals surface area contributed by atoms with Crippen molar-refractivity contribution in [3.05, 3.63) is 71.3 Å². The molecule has 1 aliphatic heterocycles. The van der Waals surface area contributed by atoms with Crippen LogP contribution in [0.2, 0.25) is 0 Å². The number of primary amides is 1. The van der Waals surface area contributed by atoms with Gasteiger partial charge in [-0.1, -0.05) is 42.5 Å². The Labute approximate surface area is 132 Å². The van der Waals surface area contributed by atoms with Gasteiger partial charge in [0.05, 0.1) is 11.1 Å². The van der Waals surface area contributed by atoms with E-state index in [9.17, 15) is 19.5 Å². The van der Waals surface area contributed by atoms with Crippen LogP contribution in [0.5, 0.6) is 0 Å². The van der Waals surface area contributed by atoms with Gasteiger partial charge in [0.1, 0.15) is 12.1 Å². The first-order valence-electron chi connectivity index (χ1n) is 7.01. The van der Waals surface area contributed by atoms with Crippen molar-refractivity contribution in [1.82, 2.24) is 4.90 Å². The molecular weight excluding hydrogens is 296 g/mol. The third-order valence-electron chi connectivity index (χ3n) is 3.84. The zero-order valence-electron chi connectivity index (χ0n) is 12.0. The molecule has 0 bridgehead atoms. The normalized spacial score (nSPS) is 16.1. The molecule has 2 aromatic carbocycles. The topological polar surface area (TPSA) is 101 Å². The van der Waals surface area contributed by atoms with Gasteiger partial charge in [-0.25, -0.2) is 0 Å². The van der Waals surface area contributed by atoms with Crippen LogP contribution in [-0.2, 0) is 4.79 Å². The first kappa shape index (κ1) is 14.9. The molecule has 1 heterocycles. The third-order valence-corrected chi connectivity index (χ3v) is 3.84. The Balaban J connectivity index is 2.02. The van der Waals surface area contributed by atoms with Crippen LogP contribution in [0.1, 0.15) is 32.4 Å². The van der Waals surface area contributed by atoms with Crippen molar-refractivity contribution >= 4 is 17.7 Å². The molecule has 0 spiro atoms. The highest BCUT2D eigenvalue weighted by Crippen LogP contribution is 2.29. The summed E-state index contributed by atoms with van der Waals surface area (Å²) in [5.41, 5.74) is 6.16. The summed E-state index contributed by atoms with van der Waals surface area (Å²) < 4.78 is 0. The number of imide groups is 1. The second kappa shape index (κ2) is 5.66. The van der Waals surface area contributed by atoms with Crippen LogP contribution < -0.4 is 5.73 Å². The number of aliphatic hydroxyl groups excluding tert-OH is 1. The third kappa shape index (κ3) is 2.39. The number of rotatable bonds is 4. The maximum Gasteiger partial charge on any atom is 0.262 e. The van der Waals surface area contributed by atoms with Crippen LogP contribution in [0.3, 0.4) is 0 Å². The van der Waals surface area contributed by atoms with Gasteiger partial charge in [0.25, 0.3) is 11.8 Å². The Kier molecular flexibility index (Phi) is 3.67. The van der Waals surface area contributed by atoms with Crippen molar-refractivity contribution < 1.29 is 19.5 Å². The maximum absolute atomic E-state index is 12.5. The van der Waals surface area contributed by atoms with Gasteiger partial charge in [-0.3, -0.25) is 19.3 Å². The average molecular weight is 310 g/mol. The second-order valence-corrected chi connectivity index (χ2v) is 5.23. The lowest BCUT2D eigenvalue weighted by Gasteiger charge is -2.27. The van der Waals surface area contributed by atoms with E-state index in [0.29, 0.717) is 5.56 Å². The first-order chi connectivity index (χ1) is 11.0. The van der Waals surface area contributed by atoms with Gasteiger partial charge in [-0.05, 0) is 17.7 Å². The molecule has 3 amide bonds. The highest BCUT2D eigenvalue weighted by Gasteiger charge is 2.45. The zero-order chi connectivity index (χ0) is 16.6. The van der Waals surface area contributed by atoms with E-state index in [-0.39, 0.29) is 11.1 Å². The molecule has 6 nitrogen and oxygen atoms in total. The molecule has 0 saturated carbocycles. The van der Waals surface area contributed by atoms with Crippen LogP contribution in [0, 0.1) is 0 Å². The van der Waals surface area contributed by atoms with Crippen LogP contribution in [-0.4, -0.2) is 33.8 Å². The summed E-state index contributed by atoms with van der Waals surface area (Å²) in [7, 11) is 0. The summed E-state index contributed by atoms with van der Waals surface area (Å²) in [5, 5.41) is 10.5. The minimum absolute atomic E-state index is 0.198. The number of nitrogens with zero attached hydrogens (tertiary/aromatic N) is 1. The Morgan fingerprint density at radius 1 is 0.913 bits per heavy atom. The monoisotopic (exact) mass is 310 g/mol. The van der Waals surface area contributed by atoms with Crippen LogP contribution in [0.4, 0.5) is 0 Å². The van der Waals surface area contributed by atoms with Gasteiger partial charge in [0, 0.05) is 0 Å². The SMILES string of the molecule is NC(=O)[C@@H]([C@@H](O)c1ccccc1)N1C(=O)c2ccccc2C1=O. The van der Waals surface area contributed by atoms with E-state index in [1.54, 1.807) is 42.5 Å². The number of benzene rings is 2. The maximum atomic E-state index is 12.5. The number of hydrogen-bond acceptors (Lipinski definition) is 4. The van der Waals surface area contributed by atoms with Crippen LogP contribution in [0.25, 0.3) is 0 Å². The zero-order valence-corrected chi connectivity index (χ0v) is 12.0. The van der Waals surface area contributed by atoms with E-state index < -0.39 is 29.9 Å². The molecule has 2 aromatic rings. The number of amides is 3. The number of aliphatic hydroxyl groups is 1. The molecule has 1 aliphatic rings. The van der Waals surface area contributed by atoms with Crippen molar-refractivity contribution in [3.63, 3.8) is 0 Å². The minimum Gasteiger partial charge on any atom is -0.386 e. The first-order valence-corrected chi connectivity index (χ1v) is 7.01. The lowest BCUT2D eigenvalue weighted by molar-refractivity contribution is -0.125. The molecular formula is C17H14N2O4. The van der Waals surface area contributed by atoms with Crippen molar-refractivity contribution in [2.45, 2.75) is 12.1 Å². The summed E-state index contributed by atoms with van der Waals surface area (Å²) >= 11 is 0. The molecule has 2 atom stereocenters. The van der Waals surface area contributed by atoms with Gasteiger partial charge in [-0.15, -0.1) is 0 Å². The van der Waals surface area contributed by atoms with E-state index in [2.05, 4.69) is 0 Å². The molecule has 0 radical (unpaired) electrons. The summed E-state index contributed by atoms with van der Waals surface area (Å²) in [4.78, 5) is 37.6. The molecule has 0 unspecified atom stereocenters. The lowest BCUT2D eigenvalue weighted by atomic mass is 10.0. The van der Waals surface area contributed by atoms with Gasteiger partial charge < -0.3 is 10.8 Å². The van der Waals surface area contributed by atoms with Crippen molar-refractivity contribution in [1.29, 1.82) is 0 Å². The van der Waals surface area contributed by atoms with E-state index in [0.717, 1.165) is 4.90 Å². The summed E-state index contributed by atoms with van der Waals surface area (Å²) in [6, 6.07) is 13.1. The van der Waals surface area contributed by atoms with Crippen molar-refractivity contribution in [3.8, 4) is 0 Å². The molecule has 116 valence electrons. The number of fused-ring (bicyclic) bond motifs is 1. The predicted molar refractivity (Wildman–Crippen MR) is 81.3 cm³/mol. The molecule has 6 heteroatoms. The lowest BCUT2D eigenvalue weighted by Crippen LogP contribution is -2.51. The van der Waals surface area contributed by atoms with E-state index in [4.69, 9.17) is 5.73 Å². The Hall–Kier alpha value is -2.99. The van der Waals surface area contributed by atoms with E-state index in [1.165, 1.54) is 12.1 Å². The van der Waals surface area contributed by atoms with Crippen LogP contribution >= 0.6 is 0 Å². The predicted octanol–water partition coefficient (Wildman–Crippen LogP) is 0.870. The van der Waals surface area contributed by atoms with Crippen molar-refractivity contribution in [2.75, 3.05) is 0 Å². The molecule has 0 saturated heterocycles. The Morgan fingerprint density at radius 2 is 1.39 bits per heavy atom. The van der Waals surface area contributed by atoms with Gasteiger partial charge in [0.15, 0.2) is 0 Å². The average Bonchev–Trinajstić information content (AvgIpc) is 2.81. The standard InChI is InChI=1S/C17H14N2O4/c18-15(21)13(14(20)10-6-2-1-3-7-10)19-16(22)11-8-4-5-9-12(11)17(19)23/h1-9,13-14,20H,(H2,18,21)/t13-,14+/m1/s1. The van der Waals surface area contributed by atoms with Crippen LogP contribution in [0.15, 0.2) is 54.6 Å². The summed E-state index contributed by atoms with van der Waals surface area (Å²) in [5.74, 6) is -2.22. The van der Waals surface area contributed by atoms with Crippen molar-refractivity contribution in [2.24, 2.45) is 5.73 Å². The fourth-order valence-corrected chi connectivity index (χ4v) is 2.72. The molecule has 3 N–H and O–H groups in total. The minimum atomic E-state index is -1.47. The van der Waals surface area contributed by atoms with Gasteiger partial charge in [-0.2, -0.15) is 0 Å². The highest BCUT2D eigenvalue weighted by molar-refractivity contribution is 6.22. The molecule has 0 aromatic heterocycles. The largest absolute Gasteiger partial charge is 0.386 e. The number of carbonyl (C=O) groups is 3. The Bertz CT molecular complexity index is 753. The van der Waals surface area contributed by atoms with Gasteiger partial charge in [0.2, 0.25) is 5.91 Å². The molecule has 23 heavy (non-hydrogen) atoms. The summed E-state index contributed by atoms with van der Waals surface area (Å²) in [6.07, 6.45) is -1.39. The quantitative estimate of drug-likeness (QED) is 0.818. The number of hydrogen-bond donors (Lipinski definition) is 2. The number of nitrogens with two attached hydrogens (primary N) is 1. The number of carbonyl (C=O) groups excluding carboxylic acids is 3. The van der Waals surface area contributed by atoms with E-state index >= 15 is 0 Å².